The molecule has 1 atom stereocenters. The van der Waals surface area contributed by atoms with E-state index in [9.17, 15) is 4.79 Å². The molecule has 1 fully saturated rings. The Morgan fingerprint density at radius 1 is 1.35 bits per heavy atom. The zero-order chi connectivity index (χ0) is 19.0. The highest BCUT2D eigenvalue weighted by atomic mass is 16.2. The second-order valence-electron chi connectivity index (χ2n) is 7.60. The Hall–Kier alpha value is -2.05. The molecule has 1 amide bonds. The van der Waals surface area contributed by atoms with Gasteiger partial charge in [-0.05, 0) is 31.7 Å². The van der Waals surface area contributed by atoms with Gasteiger partial charge in [0.25, 0.3) is 0 Å². The summed E-state index contributed by atoms with van der Waals surface area (Å²) in [5, 5.41) is 11.0. The fraction of sp³-hybridized carbons (Fsp3) is 0.737. The molecular formula is C19H34N6O. The smallest absolute Gasteiger partial charge is 0.230 e. The third-order valence-electron chi connectivity index (χ3n) is 4.98. The minimum atomic E-state index is -0.327. The van der Waals surface area contributed by atoms with Gasteiger partial charge in [0.2, 0.25) is 5.91 Å². The first-order chi connectivity index (χ1) is 12.5. The predicted molar refractivity (Wildman–Crippen MR) is 105 cm³/mol. The average molecular weight is 363 g/mol. The van der Waals surface area contributed by atoms with Crippen molar-refractivity contribution in [2.75, 3.05) is 33.7 Å². The molecule has 7 heteroatoms. The molecule has 0 radical (unpaired) electrons. The van der Waals surface area contributed by atoms with Gasteiger partial charge in [-0.1, -0.05) is 19.8 Å². The Bertz CT molecular complexity index is 575. The number of guanidine groups is 1. The second-order valence-corrected chi connectivity index (χ2v) is 7.60. The van der Waals surface area contributed by atoms with Crippen LogP contribution in [0.15, 0.2) is 23.5 Å². The molecule has 26 heavy (non-hydrogen) atoms. The Morgan fingerprint density at radius 2 is 2.08 bits per heavy atom. The SMILES string of the molecule is CCNC(=NCC1(C(=O)N(C)C)CCCC1)NCC(C)Cn1cccn1. The van der Waals surface area contributed by atoms with E-state index in [0.717, 1.165) is 51.3 Å². The van der Waals surface area contributed by atoms with Crippen molar-refractivity contribution in [3.63, 3.8) is 0 Å². The maximum atomic E-state index is 12.7. The van der Waals surface area contributed by atoms with E-state index in [0.29, 0.717) is 12.5 Å². The van der Waals surface area contributed by atoms with E-state index in [1.165, 1.54) is 0 Å². The lowest BCUT2D eigenvalue weighted by molar-refractivity contribution is -0.138. The molecule has 1 aromatic rings. The van der Waals surface area contributed by atoms with Gasteiger partial charge in [0.15, 0.2) is 5.96 Å². The molecular weight excluding hydrogens is 328 g/mol. The Labute approximate surface area is 157 Å². The summed E-state index contributed by atoms with van der Waals surface area (Å²) in [6.45, 7) is 7.26. The molecule has 0 aromatic carbocycles. The molecule has 0 saturated heterocycles. The minimum Gasteiger partial charge on any atom is -0.357 e. The molecule has 7 nitrogen and oxygen atoms in total. The summed E-state index contributed by atoms with van der Waals surface area (Å²) in [5.74, 6) is 1.42. The highest BCUT2D eigenvalue weighted by Crippen LogP contribution is 2.39. The van der Waals surface area contributed by atoms with Crippen LogP contribution in [0.3, 0.4) is 0 Å². The van der Waals surface area contributed by atoms with Crippen molar-refractivity contribution in [1.82, 2.24) is 25.3 Å². The summed E-state index contributed by atoms with van der Waals surface area (Å²) in [7, 11) is 3.68. The molecule has 2 rings (SSSR count). The molecule has 1 unspecified atom stereocenters. The number of carbonyl (C=O) groups excluding carboxylic acids is 1. The molecule has 146 valence electrons. The lowest BCUT2D eigenvalue weighted by Crippen LogP contribution is -2.43. The van der Waals surface area contributed by atoms with Crippen LogP contribution in [0, 0.1) is 11.3 Å². The van der Waals surface area contributed by atoms with E-state index in [1.807, 2.05) is 31.0 Å². The van der Waals surface area contributed by atoms with Gasteiger partial charge in [0, 0.05) is 46.1 Å². The standard InChI is InChI=1S/C19H34N6O/c1-5-20-18(21-13-16(2)14-25-12-8-11-23-25)22-15-19(9-6-7-10-19)17(26)24(3)4/h8,11-12,16H,5-7,9-10,13-15H2,1-4H3,(H2,20,21,22). The summed E-state index contributed by atoms with van der Waals surface area (Å²) >= 11 is 0. The first-order valence-electron chi connectivity index (χ1n) is 9.68. The molecule has 1 aliphatic carbocycles. The largest absolute Gasteiger partial charge is 0.357 e. The number of aliphatic imine (C=N–C) groups is 1. The second kappa shape index (κ2) is 9.59. The van der Waals surface area contributed by atoms with Crippen LogP contribution in [0.5, 0.6) is 0 Å². The van der Waals surface area contributed by atoms with Gasteiger partial charge in [0.1, 0.15) is 0 Å². The highest BCUT2D eigenvalue weighted by Gasteiger charge is 2.42. The van der Waals surface area contributed by atoms with Gasteiger partial charge in [-0.25, -0.2) is 0 Å². The summed E-state index contributed by atoms with van der Waals surface area (Å²) in [4.78, 5) is 19.2. The molecule has 0 aliphatic heterocycles. The molecule has 0 bridgehead atoms. The zero-order valence-electron chi connectivity index (χ0n) is 16.7. The minimum absolute atomic E-state index is 0.210. The number of aromatic nitrogens is 2. The Kier molecular flexibility index (Phi) is 7.48. The molecule has 1 heterocycles. The van der Waals surface area contributed by atoms with Crippen LogP contribution in [0.4, 0.5) is 0 Å². The van der Waals surface area contributed by atoms with E-state index < -0.39 is 0 Å². The van der Waals surface area contributed by atoms with Gasteiger partial charge in [-0.2, -0.15) is 5.10 Å². The van der Waals surface area contributed by atoms with Gasteiger partial charge >= 0.3 is 0 Å². The molecule has 1 aliphatic rings. The topological polar surface area (TPSA) is 74.6 Å². The third-order valence-corrected chi connectivity index (χ3v) is 4.98. The van der Waals surface area contributed by atoms with Crippen molar-refractivity contribution in [3.8, 4) is 0 Å². The predicted octanol–water partition coefficient (Wildman–Crippen LogP) is 1.72. The van der Waals surface area contributed by atoms with Crippen molar-refractivity contribution in [1.29, 1.82) is 0 Å². The zero-order valence-corrected chi connectivity index (χ0v) is 16.7. The van der Waals surface area contributed by atoms with Crippen molar-refractivity contribution in [2.24, 2.45) is 16.3 Å². The van der Waals surface area contributed by atoms with Gasteiger partial charge in [-0.15, -0.1) is 0 Å². The van der Waals surface area contributed by atoms with Crippen LogP contribution < -0.4 is 10.6 Å². The van der Waals surface area contributed by atoms with Gasteiger partial charge in [0.05, 0.1) is 12.0 Å². The van der Waals surface area contributed by atoms with E-state index in [-0.39, 0.29) is 11.3 Å². The number of hydrogen-bond donors (Lipinski definition) is 2. The molecule has 1 aromatic heterocycles. The quantitative estimate of drug-likeness (QED) is 0.545. The Morgan fingerprint density at radius 3 is 2.65 bits per heavy atom. The van der Waals surface area contributed by atoms with E-state index in [1.54, 1.807) is 11.1 Å². The lowest BCUT2D eigenvalue weighted by atomic mass is 9.85. The average Bonchev–Trinajstić information content (AvgIpc) is 3.29. The van der Waals surface area contributed by atoms with Crippen molar-refractivity contribution in [3.05, 3.63) is 18.5 Å². The van der Waals surface area contributed by atoms with Gasteiger partial charge in [-0.3, -0.25) is 14.5 Å². The first kappa shape index (κ1) is 20.3. The van der Waals surface area contributed by atoms with Crippen LogP contribution in [-0.4, -0.2) is 60.3 Å². The number of nitrogens with one attached hydrogen (secondary N) is 2. The summed E-state index contributed by atoms with van der Waals surface area (Å²) in [5.41, 5.74) is -0.327. The number of hydrogen-bond acceptors (Lipinski definition) is 3. The summed E-state index contributed by atoms with van der Waals surface area (Å²) < 4.78 is 1.94. The molecule has 1 saturated carbocycles. The summed E-state index contributed by atoms with van der Waals surface area (Å²) in [6.07, 6.45) is 7.87. The highest BCUT2D eigenvalue weighted by molar-refractivity contribution is 5.84. The third kappa shape index (κ3) is 5.47. The van der Waals surface area contributed by atoms with E-state index >= 15 is 0 Å². The number of carbonyl (C=O) groups is 1. The molecule has 2 N–H and O–H groups in total. The molecule has 0 spiro atoms. The maximum Gasteiger partial charge on any atom is 0.230 e. The number of amides is 1. The van der Waals surface area contributed by atoms with Crippen LogP contribution in [-0.2, 0) is 11.3 Å². The fourth-order valence-corrected chi connectivity index (χ4v) is 3.60. The normalized spacial score (nSPS) is 17.8. The Balaban J connectivity index is 1.95. The first-order valence-corrected chi connectivity index (χ1v) is 9.68. The number of nitrogens with zero attached hydrogens (tertiary/aromatic N) is 4. The lowest BCUT2D eigenvalue weighted by Gasteiger charge is -2.29. The maximum absolute atomic E-state index is 12.7. The van der Waals surface area contributed by atoms with Crippen LogP contribution in [0.1, 0.15) is 39.5 Å². The van der Waals surface area contributed by atoms with Crippen molar-refractivity contribution in [2.45, 2.75) is 46.1 Å². The van der Waals surface area contributed by atoms with E-state index in [4.69, 9.17) is 4.99 Å². The number of rotatable bonds is 8. The summed E-state index contributed by atoms with van der Waals surface area (Å²) in [6, 6.07) is 1.94. The van der Waals surface area contributed by atoms with Crippen LogP contribution in [0.2, 0.25) is 0 Å². The monoisotopic (exact) mass is 362 g/mol. The van der Waals surface area contributed by atoms with Crippen molar-refractivity contribution >= 4 is 11.9 Å². The van der Waals surface area contributed by atoms with Crippen LogP contribution >= 0.6 is 0 Å². The van der Waals surface area contributed by atoms with Crippen molar-refractivity contribution < 1.29 is 4.79 Å². The van der Waals surface area contributed by atoms with Crippen LogP contribution in [0.25, 0.3) is 0 Å². The van der Waals surface area contributed by atoms with Gasteiger partial charge < -0.3 is 15.5 Å². The van der Waals surface area contributed by atoms with E-state index in [2.05, 4.69) is 29.6 Å². The fourth-order valence-electron chi connectivity index (χ4n) is 3.60.